The van der Waals surface area contributed by atoms with Crippen LogP contribution in [0.25, 0.3) is 5.69 Å². The summed E-state index contributed by atoms with van der Waals surface area (Å²) in [5, 5.41) is 3.50. The fourth-order valence-electron chi connectivity index (χ4n) is 2.79. The van der Waals surface area contributed by atoms with Crippen molar-refractivity contribution < 1.29 is 17.9 Å². The van der Waals surface area contributed by atoms with E-state index in [9.17, 15) is 13.2 Å². The Hall–Kier alpha value is -2.98. The number of hydrogen-bond donors (Lipinski definition) is 2. The Morgan fingerprint density at radius 3 is 2.70 bits per heavy atom. The maximum Gasteiger partial charge on any atom is 0.234 e. The lowest BCUT2D eigenvalue weighted by atomic mass is 10.2. The number of methoxy groups -OCH3 is 1. The van der Waals surface area contributed by atoms with Crippen molar-refractivity contribution in [3.8, 4) is 11.4 Å². The van der Waals surface area contributed by atoms with Crippen LogP contribution in [0, 0.1) is 6.92 Å². The molecule has 0 saturated carbocycles. The lowest BCUT2D eigenvalue weighted by Crippen LogP contribution is -2.15. The molecule has 0 aliphatic carbocycles. The van der Waals surface area contributed by atoms with Gasteiger partial charge in [-0.1, -0.05) is 30.0 Å². The van der Waals surface area contributed by atoms with Crippen LogP contribution in [-0.4, -0.2) is 43.0 Å². The van der Waals surface area contributed by atoms with Crippen molar-refractivity contribution in [2.75, 3.05) is 29.2 Å². The number of aromatic nitrogens is 2. The second-order valence-corrected chi connectivity index (χ2v) is 9.18. The van der Waals surface area contributed by atoms with Gasteiger partial charge in [-0.2, -0.15) is 0 Å². The largest absolute Gasteiger partial charge is 0.494 e. The molecule has 1 heterocycles. The van der Waals surface area contributed by atoms with Gasteiger partial charge in [-0.25, -0.2) is 13.4 Å². The van der Waals surface area contributed by atoms with Crippen molar-refractivity contribution >= 4 is 39.1 Å². The number of aryl methyl sites for hydroxylation is 1. The Morgan fingerprint density at radius 2 is 2.00 bits per heavy atom. The van der Waals surface area contributed by atoms with E-state index in [1.54, 1.807) is 18.3 Å². The highest BCUT2D eigenvalue weighted by atomic mass is 32.2. The van der Waals surface area contributed by atoms with Crippen LogP contribution in [0.5, 0.6) is 5.75 Å². The number of nitrogens with zero attached hydrogens (tertiary/aromatic N) is 2. The van der Waals surface area contributed by atoms with Crippen LogP contribution >= 0.6 is 11.8 Å². The average molecular weight is 447 g/mol. The summed E-state index contributed by atoms with van der Waals surface area (Å²) in [7, 11) is -2.01. The van der Waals surface area contributed by atoms with Crippen LogP contribution in [0.1, 0.15) is 5.56 Å². The Balaban J connectivity index is 1.66. The van der Waals surface area contributed by atoms with Gasteiger partial charge < -0.3 is 10.1 Å². The summed E-state index contributed by atoms with van der Waals surface area (Å²) >= 11 is 1.32. The summed E-state index contributed by atoms with van der Waals surface area (Å²) in [6, 6.07) is 12.6. The summed E-state index contributed by atoms with van der Waals surface area (Å²) in [6.07, 6.45) is 4.62. The average Bonchev–Trinajstić information content (AvgIpc) is 3.15. The van der Waals surface area contributed by atoms with Gasteiger partial charge in [0.1, 0.15) is 5.75 Å². The molecule has 10 heteroatoms. The van der Waals surface area contributed by atoms with E-state index >= 15 is 0 Å². The van der Waals surface area contributed by atoms with Crippen molar-refractivity contribution in [2.45, 2.75) is 12.1 Å². The molecular weight excluding hydrogens is 424 g/mol. The van der Waals surface area contributed by atoms with Crippen molar-refractivity contribution in [2.24, 2.45) is 0 Å². The first kappa shape index (κ1) is 21.7. The molecule has 1 aromatic heterocycles. The number of imidazole rings is 1. The fourth-order valence-corrected chi connectivity index (χ4v) is 4.13. The molecule has 30 heavy (non-hydrogen) atoms. The number of ether oxygens (including phenoxy) is 1. The van der Waals surface area contributed by atoms with Crippen molar-refractivity contribution in [1.82, 2.24) is 9.55 Å². The van der Waals surface area contributed by atoms with Gasteiger partial charge in [0.2, 0.25) is 15.9 Å². The summed E-state index contributed by atoms with van der Waals surface area (Å²) in [4.78, 5) is 16.8. The number of anilines is 2. The van der Waals surface area contributed by atoms with Crippen molar-refractivity contribution in [3.05, 3.63) is 60.4 Å². The molecule has 0 fully saturated rings. The molecule has 0 spiro atoms. The number of thioether (sulfide) groups is 1. The minimum Gasteiger partial charge on any atom is -0.494 e. The summed E-state index contributed by atoms with van der Waals surface area (Å²) in [5.74, 6) is 0.250. The number of carbonyl (C=O) groups excluding carboxylic acids is 1. The van der Waals surface area contributed by atoms with E-state index in [2.05, 4.69) is 15.0 Å². The van der Waals surface area contributed by atoms with Crippen LogP contribution in [-0.2, 0) is 14.8 Å². The van der Waals surface area contributed by atoms with E-state index in [4.69, 9.17) is 4.74 Å². The second-order valence-electron chi connectivity index (χ2n) is 6.49. The minimum atomic E-state index is -3.44. The number of nitrogens with one attached hydrogen (secondary N) is 2. The van der Waals surface area contributed by atoms with Crippen LogP contribution in [0.2, 0.25) is 0 Å². The smallest absolute Gasteiger partial charge is 0.234 e. The van der Waals surface area contributed by atoms with Gasteiger partial charge in [0, 0.05) is 24.1 Å². The van der Waals surface area contributed by atoms with Gasteiger partial charge in [0.15, 0.2) is 5.16 Å². The highest BCUT2D eigenvalue weighted by molar-refractivity contribution is 7.99. The SMILES string of the molecule is COc1cc(NC(=O)CSc2nccn2-c2ccccc2C)ccc1NS(C)(=O)=O. The number of sulfonamides is 1. The molecule has 3 aromatic rings. The first-order chi connectivity index (χ1) is 14.3. The summed E-state index contributed by atoms with van der Waals surface area (Å²) in [5.41, 5.74) is 2.92. The predicted molar refractivity (Wildman–Crippen MR) is 119 cm³/mol. The lowest BCUT2D eigenvalue weighted by Gasteiger charge is -2.12. The van der Waals surface area contributed by atoms with Gasteiger partial charge in [0.25, 0.3) is 0 Å². The van der Waals surface area contributed by atoms with E-state index in [1.165, 1.54) is 24.9 Å². The van der Waals surface area contributed by atoms with Gasteiger partial charge in [0.05, 0.1) is 30.5 Å². The van der Waals surface area contributed by atoms with Gasteiger partial charge in [-0.3, -0.25) is 14.1 Å². The maximum atomic E-state index is 12.4. The third kappa shape index (κ3) is 5.55. The number of rotatable bonds is 8. The van der Waals surface area contributed by atoms with Crippen LogP contribution in [0.15, 0.2) is 60.0 Å². The molecule has 0 aliphatic heterocycles. The minimum absolute atomic E-state index is 0.161. The highest BCUT2D eigenvalue weighted by Gasteiger charge is 2.13. The molecule has 0 bridgehead atoms. The third-order valence-electron chi connectivity index (χ3n) is 4.09. The fraction of sp³-hybridized carbons (Fsp3) is 0.200. The predicted octanol–water partition coefficient (Wildman–Crippen LogP) is 3.29. The Kier molecular flexibility index (Phi) is 6.68. The molecule has 2 aromatic carbocycles. The Labute approximate surface area is 179 Å². The third-order valence-corrected chi connectivity index (χ3v) is 5.65. The second kappa shape index (κ2) is 9.23. The summed E-state index contributed by atoms with van der Waals surface area (Å²) in [6.45, 7) is 2.02. The normalized spacial score (nSPS) is 11.2. The summed E-state index contributed by atoms with van der Waals surface area (Å²) < 4.78 is 32.4. The van der Waals surface area contributed by atoms with Crippen LogP contribution in [0.4, 0.5) is 11.4 Å². The van der Waals surface area contributed by atoms with Crippen molar-refractivity contribution in [3.63, 3.8) is 0 Å². The van der Waals surface area contributed by atoms with E-state index in [-0.39, 0.29) is 11.7 Å². The number of benzene rings is 2. The maximum absolute atomic E-state index is 12.4. The zero-order chi connectivity index (χ0) is 21.7. The molecule has 0 saturated heterocycles. The highest BCUT2D eigenvalue weighted by Crippen LogP contribution is 2.29. The molecule has 2 N–H and O–H groups in total. The number of para-hydroxylation sites is 1. The molecule has 0 aliphatic rings. The molecule has 3 rings (SSSR count). The van der Waals surface area contributed by atoms with E-state index < -0.39 is 10.0 Å². The van der Waals surface area contributed by atoms with Gasteiger partial charge in [-0.15, -0.1) is 0 Å². The van der Waals surface area contributed by atoms with Gasteiger partial charge in [-0.05, 0) is 30.7 Å². The number of carbonyl (C=O) groups is 1. The van der Waals surface area contributed by atoms with E-state index in [0.717, 1.165) is 17.5 Å². The molecule has 0 atom stereocenters. The molecule has 8 nitrogen and oxygen atoms in total. The van der Waals surface area contributed by atoms with Crippen molar-refractivity contribution in [1.29, 1.82) is 0 Å². The molecular formula is C20H22N4O4S2. The van der Waals surface area contributed by atoms with Gasteiger partial charge >= 0.3 is 0 Å². The first-order valence-corrected chi connectivity index (χ1v) is 11.8. The quantitative estimate of drug-likeness (QED) is 0.515. The molecule has 158 valence electrons. The molecule has 0 radical (unpaired) electrons. The molecule has 1 amide bonds. The first-order valence-electron chi connectivity index (χ1n) is 8.94. The Morgan fingerprint density at radius 1 is 1.23 bits per heavy atom. The van der Waals surface area contributed by atoms with E-state index in [1.807, 2.05) is 42.0 Å². The molecule has 0 unspecified atom stereocenters. The zero-order valence-corrected chi connectivity index (χ0v) is 18.4. The zero-order valence-electron chi connectivity index (χ0n) is 16.7. The van der Waals surface area contributed by atoms with Crippen LogP contribution in [0.3, 0.4) is 0 Å². The lowest BCUT2D eigenvalue weighted by molar-refractivity contribution is -0.113. The number of hydrogen-bond acceptors (Lipinski definition) is 6. The van der Waals surface area contributed by atoms with E-state index in [0.29, 0.717) is 22.3 Å². The van der Waals surface area contributed by atoms with Crippen LogP contribution < -0.4 is 14.8 Å². The standard InChI is InChI=1S/C20H22N4O4S2/c1-14-6-4-5-7-17(14)24-11-10-21-20(24)29-13-19(25)22-15-8-9-16(18(12-15)28-2)23-30(3,26)27/h4-12,23H,13H2,1-3H3,(H,22,25). The number of amides is 1. The monoisotopic (exact) mass is 446 g/mol. The topological polar surface area (TPSA) is 102 Å². The Bertz CT molecular complexity index is 1160.